The van der Waals surface area contributed by atoms with E-state index in [1.54, 1.807) is 0 Å². The number of rotatable bonds is 8. The summed E-state index contributed by atoms with van der Waals surface area (Å²) in [4.78, 5) is 2.36. The van der Waals surface area contributed by atoms with Gasteiger partial charge in [0.05, 0.1) is 16.7 Å². The first-order valence-corrected chi connectivity index (χ1v) is 21.5. The second-order valence-electron chi connectivity index (χ2n) is 16.1. The van der Waals surface area contributed by atoms with Crippen LogP contribution in [0.25, 0.3) is 93.9 Å². The van der Waals surface area contributed by atoms with Gasteiger partial charge in [-0.3, -0.25) is 0 Å². The Balaban J connectivity index is 0.942. The SMILES string of the molecule is c1ccc(-c2cccc(N(c3ccc(-c4ccccc4-c4ccc5c(c4)oc4ccccc45)cc3)c3ccc(-c4ccccc4-n4c5ccccc5c5ccccc54)cc3)c2)cc1. The van der Waals surface area contributed by atoms with Crippen molar-refractivity contribution in [2.75, 3.05) is 4.90 Å². The van der Waals surface area contributed by atoms with Crippen LogP contribution in [-0.4, -0.2) is 4.57 Å². The third-order valence-corrected chi connectivity index (χ3v) is 12.4. The quantitative estimate of drug-likeness (QED) is 0.153. The van der Waals surface area contributed by atoms with Crippen LogP contribution in [0.3, 0.4) is 0 Å². The van der Waals surface area contributed by atoms with Crippen LogP contribution in [0.2, 0.25) is 0 Å². The Morgan fingerprint density at radius 2 is 0.794 bits per heavy atom. The van der Waals surface area contributed by atoms with Gasteiger partial charge in [-0.2, -0.15) is 0 Å². The van der Waals surface area contributed by atoms with Crippen molar-refractivity contribution in [3.8, 4) is 50.2 Å². The highest BCUT2D eigenvalue weighted by molar-refractivity contribution is 6.10. The molecule has 0 saturated heterocycles. The summed E-state index contributed by atoms with van der Waals surface area (Å²) >= 11 is 0. The first-order chi connectivity index (χ1) is 31.2. The molecule has 0 aliphatic carbocycles. The Kier molecular flexibility index (Phi) is 8.83. The molecule has 0 N–H and O–H groups in total. The van der Waals surface area contributed by atoms with Crippen molar-refractivity contribution >= 4 is 60.8 Å². The molecule has 0 spiro atoms. The van der Waals surface area contributed by atoms with Crippen LogP contribution in [0, 0.1) is 0 Å². The van der Waals surface area contributed by atoms with Gasteiger partial charge < -0.3 is 13.9 Å². The molecule has 0 amide bonds. The van der Waals surface area contributed by atoms with Gasteiger partial charge in [-0.15, -0.1) is 0 Å². The fourth-order valence-corrected chi connectivity index (χ4v) is 9.46. The Morgan fingerprint density at radius 1 is 0.286 bits per heavy atom. The van der Waals surface area contributed by atoms with Gasteiger partial charge in [0.1, 0.15) is 11.2 Å². The molecule has 2 heterocycles. The zero-order chi connectivity index (χ0) is 41.7. The molecule has 0 atom stereocenters. The maximum absolute atomic E-state index is 6.30. The second-order valence-corrected chi connectivity index (χ2v) is 16.1. The summed E-state index contributed by atoms with van der Waals surface area (Å²) in [5.74, 6) is 0. The van der Waals surface area contributed by atoms with Gasteiger partial charge in [-0.1, -0.05) is 170 Å². The number of furan rings is 1. The van der Waals surface area contributed by atoms with Crippen molar-refractivity contribution in [1.29, 1.82) is 0 Å². The predicted octanol–water partition coefficient (Wildman–Crippen LogP) is 16.8. The van der Waals surface area contributed by atoms with Gasteiger partial charge >= 0.3 is 0 Å². The lowest BCUT2D eigenvalue weighted by Gasteiger charge is -2.27. The lowest BCUT2D eigenvalue weighted by atomic mass is 9.94. The zero-order valence-electron chi connectivity index (χ0n) is 34.4. The van der Waals surface area contributed by atoms with E-state index >= 15 is 0 Å². The summed E-state index contributed by atoms with van der Waals surface area (Å²) in [6, 6.07) is 87.1. The lowest BCUT2D eigenvalue weighted by molar-refractivity contribution is 0.669. The first kappa shape index (κ1) is 36.5. The van der Waals surface area contributed by atoms with Crippen molar-refractivity contribution in [2.45, 2.75) is 0 Å². The molecule has 12 rings (SSSR count). The minimum atomic E-state index is 0.897. The van der Waals surface area contributed by atoms with Crippen LogP contribution in [0.4, 0.5) is 17.1 Å². The van der Waals surface area contributed by atoms with Crippen LogP contribution < -0.4 is 4.90 Å². The Hall–Kier alpha value is -8.40. The van der Waals surface area contributed by atoms with Crippen molar-refractivity contribution in [2.24, 2.45) is 0 Å². The fourth-order valence-electron chi connectivity index (χ4n) is 9.46. The molecule has 12 aromatic rings. The lowest BCUT2D eigenvalue weighted by Crippen LogP contribution is -2.10. The van der Waals surface area contributed by atoms with E-state index in [-0.39, 0.29) is 0 Å². The number of fused-ring (bicyclic) bond motifs is 6. The first-order valence-electron chi connectivity index (χ1n) is 21.5. The molecule has 3 heteroatoms. The van der Waals surface area contributed by atoms with Gasteiger partial charge in [-0.25, -0.2) is 0 Å². The van der Waals surface area contributed by atoms with E-state index < -0.39 is 0 Å². The van der Waals surface area contributed by atoms with E-state index in [4.69, 9.17) is 4.42 Å². The molecule has 0 aliphatic rings. The fraction of sp³-hybridized carbons (Fsp3) is 0. The molecule has 0 aliphatic heterocycles. The number of hydrogen-bond acceptors (Lipinski definition) is 2. The van der Waals surface area contributed by atoms with Crippen LogP contribution in [-0.2, 0) is 0 Å². The average Bonchev–Trinajstić information content (AvgIpc) is 3.90. The molecule has 296 valence electrons. The van der Waals surface area contributed by atoms with Crippen LogP contribution in [0.15, 0.2) is 247 Å². The molecule has 0 saturated carbocycles. The molecule has 0 unspecified atom stereocenters. The largest absolute Gasteiger partial charge is 0.456 e. The van der Waals surface area contributed by atoms with Crippen LogP contribution in [0.5, 0.6) is 0 Å². The van der Waals surface area contributed by atoms with Crippen LogP contribution >= 0.6 is 0 Å². The normalized spacial score (nSPS) is 11.5. The number of anilines is 3. The highest BCUT2D eigenvalue weighted by atomic mass is 16.3. The van der Waals surface area contributed by atoms with Crippen LogP contribution in [0.1, 0.15) is 0 Å². The molecule has 10 aromatic carbocycles. The molecule has 0 radical (unpaired) electrons. The summed E-state index contributed by atoms with van der Waals surface area (Å²) in [7, 11) is 0. The van der Waals surface area contributed by atoms with Crippen molar-refractivity contribution in [3.05, 3.63) is 243 Å². The zero-order valence-corrected chi connectivity index (χ0v) is 34.4. The summed E-state index contributed by atoms with van der Waals surface area (Å²) in [6.07, 6.45) is 0. The Labute approximate surface area is 366 Å². The molecule has 0 fully saturated rings. The van der Waals surface area contributed by atoms with Crippen molar-refractivity contribution in [1.82, 2.24) is 4.57 Å². The smallest absolute Gasteiger partial charge is 0.136 e. The van der Waals surface area contributed by atoms with Gasteiger partial charge in [-0.05, 0) is 112 Å². The van der Waals surface area contributed by atoms with E-state index in [0.29, 0.717) is 0 Å². The standard InChI is InChI=1S/C60H40N2O/c1-2-15-41(16-3-1)44-17-14-18-48(39-44)61(46-34-29-42(30-35-46)49-19-4-5-20-50(49)45-33-38-55-54-24-9-13-28-59(54)63-60(55)40-45)47-36-31-43(32-37-47)51-21-6-10-25-56(51)62-57-26-11-7-22-52(57)53-23-8-12-27-58(53)62/h1-40H. The second kappa shape index (κ2) is 15.3. The van der Waals surface area contributed by atoms with Gasteiger partial charge in [0.2, 0.25) is 0 Å². The number of nitrogens with zero attached hydrogens (tertiary/aromatic N) is 2. The molecule has 3 nitrogen and oxygen atoms in total. The average molecular weight is 805 g/mol. The number of benzene rings is 10. The minimum Gasteiger partial charge on any atom is -0.456 e. The van der Waals surface area contributed by atoms with Gasteiger partial charge in [0.15, 0.2) is 0 Å². The number of para-hydroxylation sites is 4. The highest BCUT2D eigenvalue weighted by Gasteiger charge is 2.18. The summed E-state index contributed by atoms with van der Waals surface area (Å²) < 4.78 is 8.71. The maximum atomic E-state index is 6.30. The molecular weight excluding hydrogens is 765 g/mol. The van der Waals surface area contributed by atoms with Gasteiger partial charge in [0, 0.05) is 44.2 Å². The van der Waals surface area contributed by atoms with Crippen molar-refractivity contribution in [3.63, 3.8) is 0 Å². The predicted molar refractivity (Wildman–Crippen MR) is 264 cm³/mol. The molecule has 2 aromatic heterocycles. The third kappa shape index (κ3) is 6.38. The van der Waals surface area contributed by atoms with E-state index in [2.05, 4.69) is 240 Å². The number of aromatic nitrogens is 1. The van der Waals surface area contributed by atoms with E-state index in [1.165, 1.54) is 44.1 Å². The topological polar surface area (TPSA) is 21.3 Å². The van der Waals surface area contributed by atoms with Crippen molar-refractivity contribution < 1.29 is 4.42 Å². The Bertz CT molecular complexity index is 3560. The molecule has 0 bridgehead atoms. The molecule has 63 heavy (non-hydrogen) atoms. The number of hydrogen-bond donors (Lipinski definition) is 0. The summed E-state index contributed by atoms with van der Waals surface area (Å²) in [5, 5.41) is 4.78. The van der Waals surface area contributed by atoms with E-state index in [9.17, 15) is 0 Å². The summed E-state index contributed by atoms with van der Waals surface area (Å²) in [6.45, 7) is 0. The van der Waals surface area contributed by atoms with E-state index in [1.807, 2.05) is 12.1 Å². The monoisotopic (exact) mass is 804 g/mol. The molecular formula is C60H40N2O. The Morgan fingerprint density at radius 3 is 1.49 bits per heavy atom. The van der Waals surface area contributed by atoms with Gasteiger partial charge in [0.25, 0.3) is 0 Å². The highest BCUT2D eigenvalue weighted by Crippen LogP contribution is 2.42. The maximum Gasteiger partial charge on any atom is 0.136 e. The minimum absolute atomic E-state index is 0.897. The van der Waals surface area contributed by atoms with E-state index in [0.717, 1.165) is 66.9 Å². The summed E-state index contributed by atoms with van der Waals surface area (Å²) in [5.41, 5.74) is 17.9. The third-order valence-electron chi connectivity index (χ3n) is 12.4.